The van der Waals surface area contributed by atoms with E-state index in [9.17, 15) is 10.1 Å². The summed E-state index contributed by atoms with van der Waals surface area (Å²) in [6.45, 7) is 7.09. The van der Waals surface area contributed by atoms with E-state index in [0.717, 1.165) is 5.56 Å². The molecule has 0 unspecified atom stereocenters. The van der Waals surface area contributed by atoms with Gasteiger partial charge in [0.2, 0.25) is 11.7 Å². The van der Waals surface area contributed by atoms with Gasteiger partial charge in [0, 0.05) is 18.2 Å². The van der Waals surface area contributed by atoms with Crippen LogP contribution in [0.1, 0.15) is 54.1 Å². The van der Waals surface area contributed by atoms with Gasteiger partial charge in [-0.3, -0.25) is 9.48 Å². The molecular formula is C22H22N6O3. The van der Waals surface area contributed by atoms with Gasteiger partial charge in [-0.1, -0.05) is 23.8 Å². The van der Waals surface area contributed by atoms with Crippen LogP contribution in [0, 0.1) is 18.3 Å². The third kappa shape index (κ3) is 3.36. The number of nitrogens with zero attached hydrogens (tertiary/aromatic N) is 5. The Balaban J connectivity index is 2.02. The van der Waals surface area contributed by atoms with Gasteiger partial charge in [0.15, 0.2) is 17.1 Å². The minimum Gasteiger partial charge on any atom is -0.467 e. The largest absolute Gasteiger partial charge is 0.467 e. The van der Waals surface area contributed by atoms with Gasteiger partial charge in [0.1, 0.15) is 23.4 Å². The fourth-order valence-electron chi connectivity index (χ4n) is 3.59. The third-order valence-corrected chi connectivity index (χ3v) is 5.22. The average molecular weight is 418 g/mol. The Hall–Kier alpha value is -3.93. The van der Waals surface area contributed by atoms with Crippen LogP contribution in [0.25, 0.3) is 11.3 Å². The van der Waals surface area contributed by atoms with Crippen LogP contribution in [0.15, 0.2) is 24.4 Å². The minimum atomic E-state index is -1.27. The Kier molecular flexibility index (Phi) is 4.65. The number of carbonyl (C=O) groups excluding carboxylic acids is 1. The molecule has 9 heteroatoms. The third-order valence-electron chi connectivity index (χ3n) is 5.22. The zero-order valence-electron chi connectivity index (χ0n) is 17.9. The number of benzene rings is 1. The van der Waals surface area contributed by atoms with Crippen molar-refractivity contribution in [1.82, 2.24) is 19.7 Å². The van der Waals surface area contributed by atoms with E-state index in [1.165, 1.54) is 10.9 Å². The molecule has 9 nitrogen and oxygen atoms in total. The summed E-state index contributed by atoms with van der Waals surface area (Å²) in [5.41, 5.74) is 7.71. The highest BCUT2D eigenvalue weighted by molar-refractivity contribution is 6.03. The number of aromatic nitrogens is 4. The number of nitrogen functional groups attached to an aromatic ring is 1. The number of rotatable bonds is 0. The molecule has 0 amide bonds. The molecule has 3 heterocycles. The number of nitrogens with two attached hydrogens (primary N) is 1. The van der Waals surface area contributed by atoms with Crippen LogP contribution < -0.4 is 15.2 Å². The molecule has 1 aliphatic rings. The summed E-state index contributed by atoms with van der Waals surface area (Å²) in [5.74, 6) is 0.0582. The summed E-state index contributed by atoms with van der Waals surface area (Å²) in [7, 11) is 1.62. The standard InChI is InChI=1S/C22H22N6O3/c1-11-6-7-13-14(8-11)12(2)30-21-19(24)25-10-15(26-21)17-16(9-23)28(5)27-20(17)31-22(3,4)18(13)29/h6-8,10,12H,1-5H3,(H2,24,25)/t12-/m1/s1. The molecule has 1 aromatic carbocycles. The number of fused-ring (bicyclic) bond motifs is 5. The van der Waals surface area contributed by atoms with Crippen molar-refractivity contribution >= 4 is 11.6 Å². The smallest absolute Gasteiger partial charge is 0.258 e. The van der Waals surface area contributed by atoms with E-state index in [2.05, 4.69) is 21.1 Å². The van der Waals surface area contributed by atoms with Crippen LogP contribution in [0.5, 0.6) is 11.8 Å². The molecular weight excluding hydrogens is 396 g/mol. The number of carbonyl (C=O) groups is 1. The summed E-state index contributed by atoms with van der Waals surface area (Å²) in [6.07, 6.45) is 0.890. The van der Waals surface area contributed by atoms with Crippen molar-refractivity contribution in [1.29, 1.82) is 5.26 Å². The molecule has 0 radical (unpaired) electrons. The SMILES string of the molecule is Cc1ccc2c(c1)[C@@H](C)Oc1nc(cnc1N)-c1c(nn(C)c1C#N)OC(C)(C)C2=O. The Morgan fingerprint density at radius 3 is 2.74 bits per heavy atom. The summed E-state index contributed by atoms with van der Waals surface area (Å²) >= 11 is 0. The quantitative estimate of drug-likeness (QED) is 0.589. The van der Waals surface area contributed by atoms with Gasteiger partial charge in [-0.15, -0.1) is 5.10 Å². The maximum absolute atomic E-state index is 13.5. The molecule has 2 N–H and O–H groups in total. The zero-order chi connectivity index (χ0) is 22.5. The van der Waals surface area contributed by atoms with Gasteiger partial charge in [-0.05, 0) is 27.7 Å². The molecule has 1 atom stereocenters. The van der Waals surface area contributed by atoms with Gasteiger partial charge >= 0.3 is 0 Å². The number of Topliss-reactive ketones (excluding diaryl/α,β-unsaturated/α-hetero) is 1. The highest BCUT2D eigenvalue weighted by Gasteiger charge is 2.37. The van der Waals surface area contributed by atoms with Crippen LogP contribution in [0.3, 0.4) is 0 Å². The Bertz CT molecular complexity index is 1250. The number of nitriles is 1. The van der Waals surface area contributed by atoms with Crippen molar-refractivity contribution in [3.8, 4) is 29.1 Å². The van der Waals surface area contributed by atoms with Gasteiger partial charge in [0.05, 0.1) is 6.20 Å². The van der Waals surface area contributed by atoms with E-state index < -0.39 is 11.7 Å². The molecule has 1 aliphatic heterocycles. The first-order chi connectivity index (χ1) is 14.6. The summed E-state index contributed by atoms with van der Waals surface area (Å²) in [4.78, 5) is 22.2. The Morgan fingerprint density at radius 1 is 1.29 bits per heavy atom. The number of aryl methyl sites for hydroxylation is 2. The molecule has 158 valence electrons. The first-order valence-electron chi connectivity index (χ1n) is 9.73. The molecule has 4 rings (SSSR count). The summed E-state index contributed by atoms with van der Waals surface area (Å²) < 4.78 is 13.5. The topological polar surface area (TPSA) is 129 Å². The van der Waals surface area contributed by atoms with E-state index in [1.807, 2.05) is 26.0 Å². The molecule has 0 spiro atoms. The highest BCUT2D eigenvalue weighted by atomic mass is 16.5. The number of ether oxygens (including phenoxy) is 2. The van der Waals surface area contributed by atoms with E-state index in [1.54, 1.807) is 27.0 Å². The first kappa shape index (κ1) is 20.3. The molecule has 2 bridgehead atoms. The molecule has 2 aromatic heterocycles. The van der Waals surface area contributed by atoms with Crippen LogP contribution in [-0.2, 0) is 7.05 Å². The molecule has 0 saturated heterocycles. The van der Waals surface area contributed by atoms with Crippen LogP contribution in [0.4, 0.5) is 5.82 Å². The minimum absolute atomic E-state index is 0.0957. The number of hydrogen-bond acceptors (Lipinski definition) is 8. The zero-order valence-corrected chi connectivity index (χ0v) is 17.9. The molecule has 0 fully saturated rings. The second-order valence-corrected chi connectivity index (χ2v) is 8.00. The fraction of sp³-hybridized carbons (Fsp3) is 0.318. The van der Waals surface area contributed by atoms with Crippen LogP contribution in [0.2, 0.25) is 0 Å². The maximum Gasteiger partial charge on any atom is 0.258 e. The van der Waals surface area contributed by atoms with E-state index in [-0.39, 0.29) is 29.1 Å². The highest BCUT2D eigenvalue weighted by Crippen LogP contribution is 2.38. The van der Waals surface area contributed by atoms with Gasteiger partial charge in [-0.2, -0.15) is 5.26 Å². The van der Waals surface area contributed by atoms with Crippen molar-refractivity contribution in [3.63, 3.8) is 0 Å². The lowest BCUT2D eigenvalue weighted by atomic mass is 9.90. The molecule has 0 aliphatic carbocycles. The number of anilines is 1. The lowest BCUT2D eigenvalue weighted by molar-refractivity contribution is 0.0563. The van der Waals surface area contributed by atoms with E-state index in [0.29, 0.717) is 22.4 Å². The van der Waals surface area contributed by atoms with Crippen molar-refractivity contribution in [2.24, 2.45) is 7.05 Å². The van der Waals surface area contributed by atoms with Crippen molar-refractivity contribution in [3.05, 3.63) is 46.8 Å². The Morgan fingerprint density at radius 2 is 2.03 bits per heavy atom. The molecule has 0 saturated carbocycles. The Labute approximate surface area is 179 Å². The lowest BCUT2D eigenvalue weighted by Crippen LogP contribution is -2.39. The van der Waals surface area contributed by atoms with Gasteiger partial charge < -0.3 is 15.2 Å². The predicted molar refractivity (Wildman–Crippen MR) is 113 cm³/mol. The summed E-state index contributed by atoms with van der Waals surface area (Å²) in [6, 6.07) is 7.62. The monoisotopic (exact) mass is 418 g/mol. The second-order valence-electron chi connectivity index (χ2n) is 8.00. The van der Waals surface area contributed by atoms with E-state index >= 15 is 0 Å². The van der Waals surface area contributed by atoms with Crippen molar-refractivity contribution in [2.75, 3.05) is 5.73 Å². The summed E-state index contributed by atoms with van der Waals surface area (Å²) in [5, 5.41) is 14.0. The second kappa shape index (κ2) is 7.09. The number of ketones is 1. The van der Waals surface area contributed by atoms with Crippen LogP contribution in [-0.4, -0.2) is 31.1 Å². The molecule has 3 aromatic rings. The normalized spacial score (nSPS) is 17.2. The van der Waals surface area contributed by atoms with Crippen LogP contribution >= 0.6 is 0 Å². The van der Waals surface area contributed by atoms with E-state index in [4.69, 9.17) is 15.2 Å². The lowest BCUT2D eigenvalue weighted by Gasteiger charge is -2.27. The van der Waals surface area contributed by atoms with Crippen molar-refractivity contribution < 1.29 is 14.3 Å². The fourth-order valence-corrected chi connectivity index (χ4v) is 3.59. The predicted octanol–water partition coefficient (Wildman–Crippen LogP) is 3.13. The first-order valence-corrected chi connectivity index (χ1v) is 9.73. The molecule has 31 heavy (non-hydrogen) atoms. The maximum atomic E-state index is 13.5. The van der Waals surface area contributed by atoms with Gasteiger partial charge in [0.25, 0.3) is 5.88 Å². The average Bonchev–Trinajstić information content (AvgIpc) is 3.02. The van der Waals surface area contributed by atoms with Gasteiger partial charge in [-0.25, -0.2) is 9.97 Å². The van der Waals surface area contributed by atoms with Crippen molar-refractivity contribution in [2.45, 2.75) is 39.4 Å². The number of hydrogen-bond donors (Lipinski definition) is 1.